The number of rotatable bonds is 4. The molecule has 19 heavy (non-hydrogen) atoms. The molecule has 0 unspecified atom stereocenters. The third-order valence-electron chi connectivity index (χ3n) is 2.46. The van der Waals surface area contributed by atoms with Crippen LogP contribution in [0.3, 0.4) is 0 Å². The van der Waals surface area contributed by atoms with E-state index in [2.05, 4.69) is 4.98 Å². The van der Waals surface area contributed by atoms with E-state index in [1.807, 2.05) is 0 Å². The number of ether oxygens (including phenoxy) is 1. The summed E-state index contributed by atoms with van der Waals surface area (Å²) in [6, 6.07) is 9.56. The van der Waals surface area contributed by atoms with Gasteiger partial charge in [-0.1, -0.05) is 0 Å². The largest absolute Gasteiger partial charge is 0.476 e. The van der Waals surface area contributed by atoms with Crippen molar-refractivity contribution in [2.24, 2.45) is 0 Å². The number of carbonyl (C=O) groups is 2. The van der Waals surface area contributed by atoms with Gasteiger partial charge in [-0.3, -0.25) is 4.79 Å². The highest BCUT2D eigenvalue weighted by Crippen LogP contribution is 2.24. The minimum absolute atomic E-state index is 0.0425. The smallest absolute Gasteiger partial charge is 0.358 e. The van der Waals surface area contributed by atoms with E-state index in [1.54, 1.807) is 30.3 Å². The van der Waals surface area contributed by atoms with Gasteiger partial charge in [-0.15, -0.1) is 0 Å². The monoisotopic (exact) mass is 257 g/mol. The summed E-state index contributed by atoms with van der Waals surface area (Å²) in [5.41, 5.74) is 0.412. The van der Waals surface area contributed by atoms with Crippen LogP contribution in [0.1, 0.15) is 27.8 Å². The molecule has 0 fully saturated rings. The first-order valence-corrected chi connectivity index (χ1v) is 5.55. The summed E-state index contributed by atoms with van der Waals surface area (Å²) >= 11 is 0. The molecule has 0 saturated carbocycles. The second-order valence-electron chi connectivity index (χ2n) is 3.84. The predicted octanol–water partition coefficient (Wildman–Crippen LogP) is 2.77. The average molecular weight is 257 g/mol. The van der Waals surface area contributed by atoms with Crippen molar-refractivity contribution in [2.45, 2.75) is 6.92 Å². The van der Waals surface area contributed by atoms with E-state index in [0.29, 0.717) is 11.3 Å². The molecule has 1 aromatic carbocycles. The minimum atomic E-state index is -1.16. The molecule has 0 saturated heterocycles. The van der Waals surface area contributed by atoms with Crippen LogP contribution >= 0.6 is 0 Å². The molecule has 0 aliphatic carbocycles. The summed E-state index contributed by atoms with van der Waals surface area (Å²) in [6.45, 7) is 1.47. The fourth-order valence-corrected chi connectivity index (χ4v) is 1.52. The van der Waals surface area contributed by atoms with E-state index in [1.165, 1.54) is 19.2 Å². The third kappa shape index (κ3) is 2.95. The summed E-state index contributed by atoms with van der Waals surface area (Å²) in [7, 11) is 0. The van der Waals surface area contributed by atoms with E-state index in [0.717, 1.165) is 0 Å². The van der Waals surface area contributed by atoms with Crippen LogP contribution in [-0.2, 0) is 0 Å². The van der Waals surface area contributed by atoms with Crippen molar-refractivity contribution in [1.82, 2.24) is 4.98 Å². The van der Waals surface area contributed by atoms with Crippen molar-refractivity contribution < 1.29 is 19.4 Å². The first kappa shape index (κ1) is 12.8. The molecule has 1 aromatic heterocycles. The zero-order valence-electron chi connectivity index (χ0n) is 10.2. The first-order chi connectivity index (χ1) is 9.08. The highest BCUT2D eigenvalue weighted by Gasteiger charge is 2.12. The number of hydrogen-bond donors (Lipinski definition) is 1. The van der Waals surface area contributed by atoms with Crippen LogP contribution in [0.4, 0.5) is 0 Å². The molecule has 5 heteroatoms. The quantitative estimate of drug-likeness (QED) is 0.852. The lowest BCUT2D eigenvalue weighted by molar-refractivity contribution is 0.0687. The van der Waals surface area contributed by atoms with Crippen LogP contribution in [0.25, 0.3) is 0 Å². The molecule has 0 atom stereocenters. The Morgan fingerprint density at radius 3 is 2.42 bits per heavy atom. The highest BCUT2D eigenvalue weighted by atomic mass is 16.5. The van der Waals surface area contributed by atoms with Gasteiger partial charge in [0.05, 0.1) is 0 Å². The van der Waals surface area contributed by atoms with Crippen LogP contribution in [0.15, 0.2) is 42.6 Å². The van der Waals surface area contributed by atoms with E-state index in [9.17, 15) is 9.59 Å². The Morgan fingerprint density at radius 2 is 1.84 bits per heavy atom. The SMILES string of the molecule is CC(=O)c1ccc(Oc2cccnc2C(=O)O)cc1. The molecule has 1 N–H and O–H groups in total. The Bertz CT molecular complexity index is 620. The third-order valence-corrected chi connectivity index (χ3v) is 2.46. The number of benzene rings is 1. The standard InChI is InChI=1S/C14H11NO4/c1-9(16)10-4-6-11(7-5-10)19-12-3-2-8-15-13(12)14(17)18/h2-8H,1H3,(H,17,18). The van der Waals surface area contributed by atoms with Crippen LogP contribution in [0.5, 0.6) is 11.5 Å². The summed E-state index contributed by atoms with van der Waals surface area (Å²) < 4.78 is 5.45. The minimum Gasteiger partial charge on any atom is -0.476 e. The van der Waals surface area contributed by atoms with Gasteiger partial charge in [0, 0.05) is 11.8 Å². The van der Waals surface area contributed by atoms with Crippen LogP contribution in [0.2, 0.25) is 0 Å². The summed E-state index contributed by atoms with van der Waals surface area (Å²) in [5, 5.41) is 8.97. The predicted molar refractivity (Wildman–Crippen MR) is 67.7 cm³/mol. The fraction of sp³-hybridized carbons (Fsp3) is 0.0714. The van der Waals surface area contributed by atoms with Gasteiger partial charge >= 0.3 is 5.97 Å². The maximum atomic E-state index is 11.1. The molecule has 0 amide bonds. The van der Waals surface area contributed by atoms with Crippen molar-refractivity contribution in [2.75, 3.05) is 0 Å². The second kappa shape index (κ2) is 5.30. The molecular formula is C14H11NO4. The maximum absolute atomic E-state index is 11.1. The topological polar surface area (TPSA) is 76.5 Å². The molecule has 0 bridgehead atoms. The number of carboxylic acids is 1. The number of carbonyl (C=O) groups excluding carboxylic acids is 1. The molecule has 1 heterocycles. The highest BCUT2D eigenvalue weighted by molar-refractivity contribution is 5.94. The van der Waals surface area contributed by atoms with Gasteiger partial charge < -0.3 is 9.84 Å². The molecule has 5 nitrogen and oxygen atoms in total. The van der Waals surface area contributed by atoms with Crippen molar-refractivity contribution in [3.8, 4) is 11.5 Å². The van der Waals surface area contributed by atoms with E-state index in [-0.39, 0.29) is 17.2 Å². The van der Waals surface area contributed by atoms with E-state index in [4.69, 9.17) is 9.84 Å². The summed E-state index contributed by atoms with van der Waals surface area (Å²) in [5.74, 6) is -0.596. The number of hydrogen-bond acceptors (Lipinski definition) is 4. The molecule has 96 valence electrons. The Kier molecular flexibility index (Phi) is 3.56. The van der Waals surface area contributed by atoms with Gasteiger partial charge in [0.15, 0.2) is 17.2 Å². The van der Waals surface area contributed by atoms with Crippen LogP contribution in [-0.4, -0.2) is 21.8 Å². The van der Waals surface area contributed by atoms with Crippen molar-refractivity contribution in [3.63, 3.8) is 0 Å². The number of Topliss-reactive ketones (excluding diaryl/α,β-unsaturated/α-hetero) is 1. The zero-order chi connectivity index (χ0) is 13.8. The van der Waals surface area contributed by atoms with Gasteiger partial charge in [0.25, 0.3) is 0 Å². The van der Waals surface area contributed by atoms with Gasteiger partial charge in [0.1, 0.15) is 5.75 Å². The second-order valence-corrected chi connectivity index (χ2v) is 3.84. The van der Waals surface area contributed by atoms with E-state index >= 15 is 0 Å². The van der Waals surface area contributed by atoms with Gasteiger partial charge in [-0.25, -0.2) is 9.78 Å². The fourth-order valence-electron chi connectivity index (χ4n) is 1.52. The number of aromatic carboxylic acids is 1. The van der Waals surface area contributed by atoms with Gasteiger partial charge in [-0.2, -0.15) is 0 Å². The van der Waals surface area contributed by atoms with Crippen molar-refractivity contribution >= 4 is 11.8 Å². The Labute approximate surface area is 109 Å². The number of nitrogens with zero attached hydrogens (tertiary/aromatic N) is 1. The van der Waals surface area contributed by atoms with E-state index < -0.39 is 5.97 Å². The number of aromatic nitrogens is 1. The normalized spacial score (nSPS) is 9.95. The van der Waals surface area contributed by atoms with Crippen molar-refractivity contribution in [3.05, 3.63) is 53.9 Å². The van der Waals surface area contributed by atoms with Gasteiger partial charge in [0.2, 0.25) is 0 Å². The number of pyridine rings is 1. The lowest BCUT2D eigenvalue weighted by Gasteiger charge is -2.07. The lowest BCUT2D eigenvalue weighted by Crippen LogP contribution is -2.02. The average Bonchev–Trinajstić information content (AvgIpc) is 2.39. The Balaban J connectivity index is 2.26. The molecular weight excluding hydrogens is 246 g/mol. The van der Waals surface area contributed by atoms with Gasteiger partial charge in [-0.05, 0) is 43.3 Å². The Morgan fingerprint density at radius 1 is 1.16 bits per heavy atom. The van der Waals surface area contributed by atoms with Crippen molar-refractivity contribution in [1.29, 1.82) is 0 Å². The number of carboxylic acid groups (broad SMARTS) is 1. The Hall–Kier alpha value is -2.69. The lowest BCUT2D eigenvalue weighted by atomic mass is 10.1. The molecule has 0 spiro atoms. The summed E-state index contributed by atoms with van der Waals surface area (Å²) in [6.07, 6.45) is 1.38. The molecule has 2 aromatic rings. The zero-order valence-corrected chi connectivity index (χ0v) is 10.2. The van der Waals surface area contributed by atoms with Crippen LogP contribution < -0.4 is 4.74 Å². The molecule has 2 rings (SSSR count). The molecule has 0 aliphatic rings. The van der Waals surface area contributed by atoms with Crippen LogP contribution in [0, 0.1) is 0 Å². The number of ketones is 1. The summed E-state index contributed by atoms with van der Waals surface area (Å²) in [4.78, 5) is 25.8. The molecule has 0 radical (unpaired) electrons. The molecule has 0 aliphatic heterocycles. The maximum Gasteiger partial charge on any atom is 0.358 e. The first-order valence-electron chi connectivity index (χ1n) is 5.55.